The third-order valence-corrected chi connectivity index (χ3v) is 3.92. The van der Waals surface area contributed by atoms with Gasteiger partial charge in [0.05, 0.1) is 12.6 Å². The normalized spacial score (nSPS) is 14.9. The molecule has 3 rings (SSSR count). The number of H-pyrrole nitrogens is 1. The Kier molecular flexibility index (Phi) is 3.38. The highest BCUT2D eigenvalue weighted by molar-refractivity contribution is 7.71. The molecule has 0 aliphatic heterocycles. The zero-order chi connectivity index (χ0) is 13.2. The molecule has 0 amide bonds. The van der Waals surface area contributed by atoms with E-state index in [1.54, 1.807) is 12.7 Å². The quantitative estimate of drug-likeness (QED) is 0.685. The minimum absolute atomic E-state index is 0.621. The van der Waals surface area contributed by atoms with E-state index in [2.05, 4.69) is 20.6 Å². The molecule has 2 heterocycles. The third kappa shape index (κ3) is 2.42. The van der Waals surface area contributed by atoms with Crippen LogP contribution < -0.4 is 4.74 Å². The number of aromatic nitrogens is 3. The molecule has 1 N–H and O–H groups in total. The Hall–Kier alpha value is -1.62. The number of aryl methyl sites for hydroxylation is 1. The van der Waals surface area contributed by atoms with Crippen molar-refractivity contribution in [3.63, 3.8) is 0 Å². The van der Waals surface area contributed by atoms with Gasteiger partial charge in [0, 0.05) is 12.6 Å². The number of allylic oxidation sites excluding steroid dienone is 2. The lowest BCUT2D eigenvalue weighted by Gasteiger charge is -2.05. The molecule has 0 atom stereocenters. The molecule has 2 aromatic rings. The van der Waals surface area contributed by atoms with Crippen LogP contribution in [0.15, 0.2) is 23.8 Å². The molecule has 100 valence electrons. The van der Waals surface area contributed by atoms with E-state index < -0.39 is 0 Å². The Bertz CT molecular complexity index is 684. The Morgan fingerprint density at radius 3 is 3.11 bits per heavy atom. The second kappa shape index (κ2) is 5.17. The van der Waals surface area contributed by atoms with Crippen molar-refractivity contribution in [2.75, 3.05) is 7.11 Å². The number of ether oxygens (including phenoxy) is 1. The van der Waals surface area contributed by atoms with Gasteiger partial charge in [-0.1, -0.05) is 11.6 Å². The number of rotatable bonds is 4. The third-order valence-electron chi connectivity index (χ3n) is 3.59. The van der Waals surface area contributed by atoms with Crippen LogP contribution in [0.5, 0.6) is 5.88 Å². The van der Waals surface area contributed by atoms with Crippen LogP contribution in [-0.2, 0) is 6.54 Å². The van der Waals surface area contributed by atoms with Gasteiger partial charge in [0.2, 0.25) is 5.88 Å². The van der Waals surface area contributed by atoms with Crippen LogP contribution in [0.25, 0.3) is 11.2 Å². The van der Waals surface area contributed by atoms with Gasteiger partial charge in [0.15, 0.2) is 10.4 Å². The van der Waals surface area contributed by atoms with Crippen LogP contribution in [-0.4, -0.2) is 21.6 Å². The van der Waals surface area contributed by atoms with E-state index in [0.717, 1.165) is 28.9 Å². The molecule has 0 spiro atoms. The fraction of sp³-hybridized carbons (Fsp3) is 0.429. The summed E-state index contributed by atoms with van der Waals surface area (Å²) in [6.45, 7) is 0.880. The SMILES string of the molecule is COc1ccc2[nH]c(=S)n(CCC3=CCCC3)c2n1. The average Bonchev–Trinajstić information content (AvgIpc) is 3.03. The van der Waals surface area contributed by atoms with Gasteiger partial charge in [-0.2, -0.15) is 4.98 Å². The lowest BCUT2D eigenvalue weighted by Crippen LogP contribution is -2.00. The molecule has 0 saturated carbocycles. The van der Waals surface area contributed by atoms with Crippen molar-refractivity contribution in [3.05, 3.63) is 28.6 Å². The fourth-order valence-corrected chi connectivity index (χ4v) is 2.84. The average molecular weight is 275 g/mol. The van der Waals surface area contributed by atoms with Gasteiger partial charge < -0.3 is 14.3 Å². The van der Waals surface area contributed by atoms with Crippen LogP contribution in [0.2, 0.25) is 0 Å². The van der Waals surface area contributed by atoms with E-state index in [0.29, 0.717) is 5.88 Å². The van der Waals surface area contributed by atoms with Crippen molar-refractivity contribution >= 4 is 23.4 Å². The molecule has 0 saturated heterocycles. The van der Waals surface area contributed by atoms with Gasteiger partial charge in [-0.3, -0.25) is 0 Å². The van der Waals surface area contributed by atoms with Gasteiger partial charge in [0.25, 0.3) is 0 Å². The highest BCUT2D eigenvalue weighted by Gasteiger charge is 2.09. The molecule has 0 bridgehead atoms. The number of imidazole rings is 1. The van der Waals surface area contributed by atoms with Gasteiger partial charge in [-0.05, 0) is 44.0 Å². The standard InChI is InChI=1S/C14H17N3OS/c1-18-12-7-6-11-13(16-12)17(14(19)15-11)9-8-10-4-2-3-5-10/h4,6-7H,2-3,5,8-9H2,1H3,(H,15,19). The number of pyridine rings is 1. The number of aromatic amines is 1. The molecule has 1 aliphatic carbocycles. The van der Waals surface area contributed by atoms with Gasteiger partial charge in [-0.25, -0.2) is 0 Å². The van der Waals surface area contributed by atoms with E-state index >= 15 is 0 Å². The first kappa shape index (κ1) is 12.4. The van der Waals surface area contributed by atoms with Gasteiger partial charge in [-0.15, -0.1) is 0 Å². The second-order valence-corrected chi connectivity index (χ2v) is 5.20. The van der Waals surface area contributed by atoms with Crippen LogP contribution >= 0.6 is 12.2 Å². The summed E-state index contributed by atoms with van der Waals surface area (Å²) in [6.07, 6.45) is 7.15. The Balaban J connectivity index is 1.92. The highest BCUT2D eigenvalue weighted by atomic mass is 32.1. The minimum atomic E-state index is 0.621. The van der Waals surface area contributed by atoms with Crippen LogP contribution in [0.4, 0.5) is 0 Å². The first-order valence-corrected chi connectivity index (χ1v) is 7.00. The highest BCUT2D eigenvalue weighted by Crippen LogP contribution is 2.23. The predicted molar refractivity (Wildman–Crippen MR) is 78.0 cm³/mol. The molecule has 0 fully saturated rings. The second-order valence-electron chi connectivity index (χ2n) is 4.81. The lowest BCUT2D eigenvalue weighted by molar-refractivity contribution is 0.399. The lowest BCUT2D eigenvalue weighted by atomic mass is 10.2. The Labute approximate surface area is 117 Å². The smallest absolute Gasteiger partial charge is 0.215 e. The summed E-state index contributed by atoms with van der Waals surface area (Å²) < 4.78 is 7.97. The van der Waals surface area contributed by atoms with E-state index in [9.17, 15) is 0 Å². The zero-order valence-electron chi connectivity index (χ0n) is 11.0. The largest absolute Gasteiger partial charge is 0.481 e. The summed E-state index contributed by atoms with van der Waals surface area (Å²) in [7, 11) is 1.63. The number of methoxy groups -OCH3 is 1. The maximum Gasteiger partial charge on any atom is 0.215 e. The van der Waals surface area contributed by atoms with Crippen LogP contribution in [0, 0.1) is 4.77 Å². The summed E-state index contributed by atoms with van der Waals surface area (Å²) >= 11 is 5.38. The zero-order valence-corrected chi connectivity index (χ0v) is 11.8. The molecule has 1 aliphatic rings. The van der Waals surface area contributed by atoms with E-state index in [-0.39, 0.29) is 0 Å². The number of nitrogens with zero attached hydrogens (tertiary/aromatic N) is 2. The number of fused-ring (bicyclic) bond motifs is 1. The topological polar surface area (TPSA) is 42.8 Å². The van der Waals surface area contributed by atoms with Gasteiger partial charge in [0.1, 0.15) is 0 Å². The minimum Gasteiger partial charge on any atom is -0.481 e. The predicted octanol–water partition coefficient (Wildman–Crippen LogP) is 3.60. The number of hydrogen-bond donors (Lipinski definition) is 1. The van der Waals surface area contributed by atoms with Crippen LogP contribution in [0.3, 0.4) is 0 Å². The first-order chi connectivity index (χ1) is 9.28. The fourth-order valence-electron chi connectivity index (χ4n) is 2.55. The summed E-state index contributed by atoms with van der Waals surface area (Å²) in [5, 5.41) is 0. The van der Waals surface area contributed by atoms with E-state index in [4.69, 9.17) is 17.0 Å². The van der Waals surface area contributed by atoms with Gasteiger partial charge >= 0.3 is 0 Å². The van der Waals surface area contributed by atoms with Crippen molar-refractivity contribution in [3.8, 4) is 5.88 Å². The molecule has 0 radical (unpaired) electrons. The van der Waals surface area contributed by atoms with Crippen molar-refractivity contribution < 1.29 is 4.74 Å². The summed E-state index contributed by atoms with van der Waals surface area (Å²) in [5.41, 5.74) is 3.38. The Morgan fingerprint density at radius 2 is 2.37 bits per heavy atom. The number of hydrogen-bond acceptors (Lipinski definition) is 3. The summed E-state index contributed by atoms with van der Waals surface area (Å²) in [6, 6.07) is 3.81. The van der Waals surface area contributed by atoms with Crippen molar-refractivity contribution in [2.24, 2.45) is 0 Å². The molecular formula is C14H17N3OS. The number of nitrogens with one attached hydrogen (secondary N) is 1. The molecular weight excluding hydrogens is 258 g/mol. The molecule has 4 nitrogen and oxygen atoms in total. The molecule has 5 heteroatoms. The molecule has 0 unspecified atom stereocenters. The maximum absolute atomic E-state index is 5.38. The van der Waals surface area contributed by atoms with Crippen molar-refractivity contribution in [2.45, 2.75) is 32.2 Å². The Morgan fingerprint density at radius 1 is 1.47 bits per heavy atom. The van der Waals surface area contributed by atoms with E-state index in [1.165, 1.54) is 19.3 Å². The van der Waals surface area contributed by atoms with Crippen molar-refractivity contribution in [1.82, 2.24) is 14.5 Å². The summed E-state index contributed by atoms with van der Waals surface area (Å²) in [5.74, 6) is 0.621. The monoisotopic (exact) mass is 275 g/mol. The van der Waals surface area contributed by atoms with E-state index in [1.807, 2.05) is 12.1 Å². The van der Waals surface area contributed by atoms with Crippen LogP contribution in [0.1, 0.15) is 25.7 Å². The summed E-state index contributed by atoms with van der Waals surface area (Å²) in [4.78, 5) is 7.68. The maximum atomic E-state index is 5.38. The van der Waals surface area contributed by atoms with Crippen molar-refractivity contribution in [1.29, 1.82) is 0 Å². The first-order valence-electron chi connectivity index (χ1n) is 6.59. The molecule has 19 heavy (non-hydrogen) atoms. The molecule has 2 aromatic heterocycles. The molecule has 0 aromatic carbocycles.